The molecular weight excluding hydrogens is 443 g/mol. The average Bonchev–Trinajstić information content (AvgIpc) is 3.29. The van der Waals surface area contributed by atoms with E-state index >= 15 is 0 Å². The Balaban J connectivity index is 1.50. The highest BCUT2D eigenvalue weighted by Gasteiger charge is 2.30. The van der Waals surface area contributed by atoms with Crippen molar-refractivity contribution in [2.75, 3.05) is 0 Å². The number of aliphatic hydroxyl groups is 1. The summed E-state index contributed by atoms with van der Waals surface area (Å²) in [5.41, 5.74) is 0.00670. The molecule has 3 aromatic carbocycles. The Morgan fingerprint density at radius 2 is 1.58 bits per heavy atom. The highest BCUT2D eigenvalue weighted by Crippen LogP contribution is 2.32. The van der Waals surface area contributed by atoms with Crippen LogP contribution in [-0.4, -0.2) is 20.2 Å². The van der Waals surface area contributed by atoms with E-state index in [2.05, 4.69) is 10.1 Å². The molecule has 0 bridgehead atoms. The minimum absolute atomic E-state index is 0.0580. The number of aliphatic hydroxyl groups excluding tert-OH is 1. The second kappa shape index (κ2) is 8.71. The zero-order chi connectivity index (χ0) is 23.6. The van der Waals surface area contributed by atoms with Gasteiger partial charge in [-0.2, -0.15) is 18.2 Å². The van der Waals surface area contributed by atoms with Gasteiger partial charge in [0.25, 0.3) is 11.6 Å². The predicted octanol–water partition coefficient (Wildman–Crippen LogP) is 5.62. The average molecular weight is 457 g/mol. The molecule has 0 spiro atoms. The first kappa shape index (κ1) is 22.0. The van der Waals surface area contributed by atoms with Gasteiger partial charge < -0.3 is 14.4 Å². The van der Waals surface area contributed by atoms with Crippen molar-refractivity contribution in [2.45, 2.75) is 12.8 Å². The Morgan fingerprint density at radius 1 is 0.970 bits per heavy atom. The first-order valence-corrected chi connectivity index (χ1v) is 9.42. The molecule has 0 aliphatic carbocycles. The van der Waals surface area contributed by atoms with Crippen molar-refractivity contribution in [3.8, 4) is 34.3 Å². The summed E-state index contributed by atoms with van der Waals surface area (Å²) >= 11 is 0. The molecule has 1 heterocycles. The standard InChI is InChI=1S/C22H14F3N3O5/c23-22(24,25)16-5-9-18(10-6-16)32-17-7-3-13(4-8-17)20-26-21(33-27-20)14-1-2-15(12-29)19(11-14)28(30)31/h1-11,29H,12H2. The first-order valence-electron chi connectivity index (χ1n) is 9.42. The first-order chi connectivity index (χ1) is 15.7. The van der Waals surface area contributed by atoms with E-state index in [4.69, 9.17) is 9.26 Å². The van der Waals surface area contributed by atoms with Crippen LogP contribution in [0.1, 0.15) is 11.1 Å². The minimum Gasteiger partial charge on any atom is -0.457 e. The van der Waals surface area contributed by atoms with Gasteiger partial charge >= 0.3 is 6.18 Å². The molecular formula is C22H14F3N3O5. The Labute approximate surface area is 184 Å². The molecule has 0 unspecified atom stereocenters. The van der Waals surface area contributed by atoms with E-state index in [1.165, 1.54) is 30.3 Å². The van der Waals surface area contributed by atoms with Crippen LogP contribution in [-0.2, 0) is 12.8 Å². The van der Waals surface area contributed by atoms with Gasteiger partial charge in [-0.05, 0) is 60.7 Å². The molecule has 0 aliphatic rings. The van der Waals surface area contributed by atoms with Crippen molar-refractivity contribution >= 4 is 5.69 Å². The van der Waals surface area contributed by atoms with Gasteiger partial charge in [0.05, 0.1) is 22.7 Å². The van der Waals surface area contributed by atoms with E-state index in [9.17, 15) is 28.4 Å². The number of benzene rings is 3. The molecule has 168 valence electrons. The summed E-state index contributed by atoms with van der Waals surface area (Å²) in [5.74, 6) is 0.908. The number of hydrogen-bond acceptors (Lipinski definition) is 7. The zero-order valence-corrected chi connectivity index (χ0v) is 16.6. The van der Waals surface area contributed by atoms with E-state index in [0.717, 1.165) is 12.1 Å². The van der Waals surface area contributed by atoms with Crippen molar-refractivity contribution in [3.63, 3.8) is 0 Å². The third-order valence-electron chi connectivity index (χ3n) is 4.66. The maximum atomic E-state index is 12.7. The lowest BCUT2D eigenvalue weighted by atomic mass is 10.1. The number of hydrogen-bond donors (Lipinski definition) is 1. The van der Waals surface area contributed by atoms with Crippen molar-refractivity contribution in [3.05, 3.63) is 88.0 Å². The van der Waals surface area contributed by atoms with Gasteiger partial charge in [-0.25, -0.2) is 0 Å². The van der Waals surface area contributed by atoms with Gasteiger partial charge in [0.1, 0.15) is 11.5 Å². The maximum Gasteiger partial charge on any atom is 0.416 e. The van der Waals surface area contributed by atoms with Gasteiger partial charge in [0.2, 0.25) is 5.82 Å². The monoisotopic (exact) mass is 457 g/mol. The van der Waals surface area contributed by atoms with E-state index < -0.39 is 23.3 Å². The van der Waals surface area contributed by atoms with Gasteiger partial charge in [-0.1, -0.05) is 5.16 Å². The smallest absolute Gasteiger partial charge is 0.416 e. The van der Waals surface area contributed by atoms with Crippen LogP contribution in [0.4, 0.5) is 18.9 Å². The van der Waals surface area contributed by atoms with Crippen LogP contribution in [0.15, 0.2) is 71.3 Å². The number of nitro benzene ring substituents is 1. The Kier molecular flexibility index (Phi) is 5.80. The third-order valence-corrected chi connectivity index (χ3v) is 4.66. The lowest BCUT2D eigenvalue weighted by molar-refractivity contribution is -0.385. The quantitative estimate of drug-likeness (QED) is 0.296. The molecule has 0 saturated heterocycles. The van der Waals surface area contributed by atoms with Crippen LogP contribution >= 0.6 is 0 Å². The summed E-state index contributed by atoms with van der Waals surface area (Å²) < 4.78 is 48.7. The van der Waals surface area contributed by atoms with Gasteiger partial charge in [0, 0.05) is 17.2 Å². The normalized spacial score (nSPS) is 11.4. The van der Waals surface area contributed by atoms with Crippen molar-refractivity contribution in [1.29, 1.82) is 0 Å². The third kappa shape index (κ3) is 4.83. The molecule has 4 aromatic rings. The second-order valence-corrected chi connectivity index (χ2v) is 6.83. The number of halogens is 3. The molecule has 0 amide bonds. The van der Waals surface area contributed by atoms with Crippen molar-refractivity contribution in [1.82, 2.24) is 10.1 Å². The molecule has 0 atom stereocenters. The number of nitro groups is 1. The summed E-state index contributed by atoms with van der Waals surface area (Å²) in [6, 6.07) is 14.9. The fraction of sp³-hybridized carbons (Fsp3) is 0.0909. The highest BCUT2D eigenvalue weighted by molar-refractivity contribution is 5.63. The highest BCUT2D eigenvalue weighted by atomic mass is 19.4. The summed E-state index contributed by atoms with van der Waals surface area (Å²) in [7, 11) is 0. The zero-order valence-electron chi connectivity index (χ0n) is 16.6. The number of rotatable bonds is 6. The molecule has 0 saturated carbocycles. The molecule has 0 radical (unpaired) electrons. The lowest BCUT2D eigenvalue weighted by Gasteiger charge is -2.09. The summed E-state index contributed by atoms with van der Waals surface area (Å²) in [6.45, 7) is -0.480. The second-order valence-electron chi connectivity index (χ2n) is 6.83. The largest absolute Gasteiger partial charge is 0.457 e. The van der Waals surface area contributed by atoms with Crippen LogP contribution in [0.3, 0.4) is 0 Å². The topological polar surface area (TPSA) is 112 Å². The van der Waals surface area contributed by atoms with E-state index in [-0.39, 0.29) is 28.7 Å². The molecule has 33 heavy (non-hydrogen) atoms. The fourth-order valence-corrected chi connectivity index (χ4v) is 2.98. The molecule has 4 rings (SSSR count). The number of ether oxygens (including phenoxy) is 1. The van der Waals surface area contributed by atoms with Crippen LogP contribution < -0.4 is 4.74 Å². The maximum absolute atomic E-state index is 12.7. The summed E-state index contributed by atoms with van der Waals surface area (Å²) in [4.78, 5) is 14.8. The van der Waals surface area contributed by atoms with Crippen molar-refractivity contribution in [2.24, 2.45) is 0 Å². The van der Waals surface area contributed by atoms with Gasteiger partial charge in [0.15, 0.2) is 0 Å². The molecule has 0 fully saturated rings. The minimum atomic E-state index is -4.42. The molecule has 8 nitrogen and oxygen atoms in total. The Morgan fingerprint density at radius 3 is 2.15 bits per heavy atom. The molecule has 1 aromatic heterocycles. The van der Waals surface area contributed by atoms with E-state index in [1.54, 1.807) is 24.3 Å². The van der Waals surface area contributed by atoms with E-state index in [0.29, 0.717) is 16.9 Å². The summed E-state index contributed by atoms with van der Waals surface area (Å²) in [5, 5.41) is 24.3. The van der Waals surface area contributed by atoms with Crippen LogP contribution in [0.2, 0.25) is 0 Å². The molecule has 1 N–H and O–H groups in total. The van der Waals surface area contributed by atoms with Crippen molar-refractivity contribution < 1.29 is 32.5 Å². The SMILES string of the molecule is O=[N+]([O-])c1cc(-c2nc(-c3ccc(Oc4ccc(C(F)(F)F)cc4)cc3)no2)ccc1CO. The fourth-order valence-electron chi connectivity index (χ4n) is 2.98. The number of nitrogens with zero attached hydrogens (tertiary/aromatic N) is 3. The molecule has 0 aliphatic heterocycles. The van der Waals surface area contributed by atoms with Gasteiger partial charge in [-0.15, -0.1) is 0 Å². The van der Waals surface area contributed by atoms with Gasteiger partial charge in [-0.3, -0.25) is 10.1 Å². The Bertz CT molecular complexity index is 1290. The number of aromatic nitrogens is 2. The van der Waals surface area contributed by atoms with E-state index in [1.807, 2.05) is 0 Å². The summed E-state index contributed by atoms with van der Waals surface area (Å²) in [6.07, 6.45) is -4.42. The Hall–Kier alpha value is -4.25. The van der Waals surface area contributed by atoms with Crippen LogP contribution in [0, 0.1) is 10.1 Å². The van der Waals surface area contributed by atoms with Crippen LogP contribution in [0.5, 0.6) is 11.5 Å². The predicted molar refractivity (Wildman–Crippen MR) is 109 cm³/mol. The number of alkyl halides is 3. The van der Waals surface area contributed by atoms with Crippen LogP contribution in [0.25, 0.3) is 22.8 Å². The lowest BCUT2D eigenvalue weighted by Crippen LogP contribution is -2.03. The molecule has 11 heteroatoms.